The van der Waals surface area contributed by atoms with Gasteiger partial charge in [0.25, 0.3) is 0 Å². The van der Waals surface area contributed by atoms with Crippen LogP contribution in [0.15, 0.2) is 59.7 Å². The van der Waals surface area contributed by atoms with Gasteiger partial charge in [0.15, 0.2) is 0 Å². The van der Waals surface area contributed by atoms with Crippen LogP contribution < -0.4 is 5.43 Å². The van der Waals surface area contributed by atoms with Crippen LogP contribution in [0.4, 0.5) is 5.69 Å². The SMILES string of the molecule is Cc1cc(/C=N\Nc2ccccc2)c(C)n1-c1cc(Cl)ccc1Cl. The van der Waals surface area contributed by atoms with Gasteiger partial charge in [-0.25, -0.2) is 0 Å². The Morgan fingerprint density at radius 3 is 2.50 bits per heavy atom. The molecule has 0 fully saturated rings. The number of benzene rings is 2. The average Bonchev–Trinajstić information content (AvgIpc) is 2.85. The van der Waals surface area contributed by atoms with E-state index in [9.17, 15) is 0 Å². The van der Waals surface area contributed by atoms with E-state index in [4.69, 9.17) is 23.2 Å². The van der Waals surface area contributed by atoms with Crippen molar-refractivity contribution in [2.45, 2.75) is 13.8 Å². The third-order valence-electron chi connectivity index (χ3n) is 3.79. The Kier molecular flexibility index (Phi) is 4.93. The van der Waals surface area contributed by atoms with Crippen LogP contribution in [0.2, 0.25) is 10.0 Å². The summed E-state index contributed by atoms with van der Waals surface area (Å²) >= 11 is 12.5. The smallest absolute Gasteiger partial charge is 0.0656 e. The van der Waals surface area contributed by atoms with Gasteiger partial charge in [0.1, 0.15) is 0 Å². The van der Waals surface area contributed by atoms with E-state index in [1.54, 1.807) is 6.07 Å². The Morgan fingerprint density at radius 1 is 1.00 bits per heavy atom. The van der Waals surface area contributed by atoms with E-state index >= 15 is 0 Å². The van der Waals surface area contributed by atoms with Gasteiger partial charge in [0, 0.05) is 22.0 Å². The highest BCUT2D eigenvalue weighted by Crippen LogP contribution is 2.28. The molecule has 0 aliphatic heterocycles. The lowest BCUT2D eigenvalue weighted by Gasteiger charge is -2.12. The van der Waals surface area contributed by atoms with Crippen molar-refractivity contribution in [3.63, 3.8) is 0 Å². The molecule has 122 valence electrons. The van der Waals surface area contributed by atoms with E-state index in [1.807, 2.05) is 62.5 Å². The van der Waals surface area contributed by atoms with Gasteiger partial charge >= 0.3 is 0 Å². The highest BCUT2D eigenvalue weighted by molar-refractivity contribution is 6.34. The Labute approximate surface area is 151 Å². The van der Waals surface area contributed by atoms with Gasteiger partial charge < -0.3 is 4.57 Å². The first-order valence-corrected chi connectivity index (χ1v) is 8.30. The quantitative estimate of drug-likeness (QED) is 0.460. The monoisotopic (exact) mass is 357 g/mol. The zero-order valence-electron chi connectivity index (χ0n) is 13.4. The average molecular weight is 358 g/mol. The van der Waals surface area contributed by atoms with Crippen LogP contribution in [0.1, 0.15) is 17.0 Å². The number of hydrogen-bond donors (Lipinski definition) is 1. The van der Waals surface area contributed by atoms with E-state index in [-0.39, 0.29) is 0 Å². The number of nitrogens with one attached hydrogen (secondary N) is 1. The fourth-order valence-electron chi connectivity index (χ4n) is 2.64. The van der Waals surface area contributed by atoms with Crippen molar-refractivity contribution >= 4 is 35.1 Å². The first-order valence-electron chi connectivity index (χ1n) is 7.55. The second kappa shape index (κ2) is 7.12. The van der Waals surface area contributed by atoms with Crippen LogP contribution in [0.3, 0.4) is 0 Å². The van der Waals surface area contributed by atoms with Gasteiger partial charge in [0.2, 0.25) is 0 Å². The predicted molar refractivity (Wildman–Crippen MR) is 103 cm³/mol. The minimum atomic E-state index is 0.655. The molecule has 0 saturated carbocycles. The summed E-state index contributed by atoms with van der Waals surface area (Å²) in [6.45, 7) is 4.07. The summed E-state index contributed by atoms with van der Waals surface area (Å²) in [6.07, 6.45) is 1.81. The molecule has 0 saturated heterocycles. The molecule has 0 unspecified atom stereocenters. The molecule has 2 aromatic carbocycles. The van der Waals surface area contributed by atoms with Gasteiger partial charge in [-0.2, -0.15) is 5.10 Å². The third-order valence-corrected chi connectivity index (χ3v) is 4.35. The molecular weight excluding hydrogens is 341 g/mol. The predicted octanol–water partition coefficient (Wildman–Crippen LogP) is 5.85. The molecule has 24 heavy (non-hydrogen) atoms. The summed E-state index contributed by atoms with van der Waals surface area (Å²) in [5.41, 5.74) is 7.98. The minimum Gasteiger partial charge on any atom is -0.316 e. The summed E-state index contributed by atoms with van der Waals surface area (Å²) in [4.78, 5) is 0. The maximum absolute atomic E-state index is 6.34. The number of aromatic nitrogens is 1. The second-order valence-electron chi connectivity index (χ2n) is 5.49. The van der Waals surface area contributed by atoms with Crippen molar-refractivity contribution in [3.8, 4) is 5.69 Å². The molecule has 0 aliphatic carbocycles. The summed E-state index contributed by atoms with van der Waals surface area (Å²) in [6, 6.07) is 17.4. The zero-order valence-corrected chi connectivity index (χ0v) is 14.9. The molecule has 0 bridgehead atoms. The molecule has 3 aromatic rings. The lowest BCUT2D eigenvalue weighted by atomic mass is 10.2. The highest BCUT2D eigenvalue weighted by Gasteiger charge is 2.12. The lowest BCUT2D eigenvalue weighted by Crippen LogP contribution is -2.00. The topological polar surface area (TPSA) is 29.3 Å². The molecule has 3 rings (SSSR count). The number of para-hydroxylation sites is 1. The first-order chi connectivity index (χ1) is 11.6. The molecule has 0 spiro atoms. The van der Waals surface area contributed by atoms with Crippen molar-refractivity contribution in [2.24, 2.45) is 5.10 Å². The molecule has 0 aliphatic rings. The van der Waals surface area contributed by atoms with Crippen molar-refractivity contribution in [2.75, 3.05) is 5.43 Å². The molecule has 1 heterocycles. The molecule has 1 N–H and O–H groups in total. The third kappa shape index (κ3) is 3.48. The lowest BCUT2D eigenvalue weighted by molar-refractivity contribution is 0.965. The van der Waals surface area contributed by atoms with E-state index in [0.29, 0.717) is 10.0 Å². The van der Waals surface area contributed by atoms with E-state index < -0.39 is 0 Å². The van der Waals surface area contributed by atoms with Crippen LogP contribution >= 0.6 is 23.2 Å². The Balaban J connectivity index is 1.91. The summed E-state index contributed by atoms with van der Waals surface area (Å²) in [5.74, 6) is 0. The molecule has 0 atom stereocenters. The first kappa shape index (κ1) is 16.6. The van der Waals surface area contributed by atoms with Crippen LogP contribution in [0, 0.1) is 13.8 Å². The van der Waals surface area contributed by atoms with Crippen molar-refractivity contribution in [1.29, 1.82) is 0 Å². The summed E-state index contributed by atoms with van der Waals surface area (Å²) < 4.78 is 2.08. The Bertz CT molecular complexity index is 883. The van der Waals surface area contributed by atoms with E-state index in [0.717, 1.165) is 28.3 Å². The molecule has 3 nitrogen and oxygen atoms in total. The van der Waals surface area contributed by atoms with Crippen LogP contribution in [0.5, 0.6) is 0 Å². The van der Waals surface area contributed by atoms with E-state index in [2.05, 4.69) is 21.2 Å². The Morgan fingerprint density at radius 2 is 1.75 bits per heavy atom. The summed E-state index contributed by atoms with van der Waals surface area (Å²) in [5, 5.41) is 5.63. The number of hydrogen-bond acceptors (Lipinski definition) is 2. The van der Waals surface area contributed by atoms with Crippen molar-refractivity contribution in [1.82, 2.24) is 4.57 Å². The van der Waals surface area contributed by atoms with Gasteiger partial charge in [-0.1, -0.05) is 41.4 Å². The van der Waals surface area contributed by atoms with Gasteiger partial charge in [-0.3, -0.25) is 5.43 Å². The number of nitrogens with zero attached hydrogens (tertiary/aromatic N) is 2. The van der Waals surface area contributed by atoms with Crippen LogP contribution in [-0.4, -0.2) is 10.8 Å². The Hall–Kier alpha value is -2.23. The van der Waals surface area contributed by atoms with Crippen molar-refractivity contribution < 1.29 is 0 Å². The number of halogens is 2. The normalized spacial score (nSPS) is 11.2. The maximum atomic E-state index is 6.34. The number of rotatable bonds is 4. The van der Waals surface area contributed by atoms with Gasteiger partial charge in [0.05, 0.1) is 22.6 Å². The van der Waals surface area contributed by atoms with Crippen molar-refractivity contribution in [3.05, 3.63) is 81.6 Å². The van der Waals surface area contributed by atoms with Crippen LogP contribution in [0.25, 0.3) is 5.69 Å². The van der Waals surface area contributed by atoms with E-state index in [1.165, 1.54) is 0 Å². The minimum absolute atomic E-state index is 0.655. The number of hydrazone groups is 1. The molecular formula is C19H17Cl2N3. The molecule has 0 amide bonds. The fourth-order valence-corrected chi connectivity index (χ4v) is 3.00. The number of aryl methyl sites for hydroxylation is 1. The standard InChI is InChI=1S/C19H17Cl2N3/c1-13-10-15(12-22-23-17-6-4-3-5-7-17)14(2)24(13)19-11-16(20)8-9-18(19)21/h3-12,23H,1-2H3/b22-12-. The molecule has 1 aromatic heterocycles. The summed E-state index contributed by atoms with van der Waals surface area (Å²) in [7, 11) is 0. The van der Waals surface area contributed by atoms with Crippen LogP contribution in [-0.2, 0) is 0 Å². The molecule has 0 radical (unpaired) electrons. The van der Waals surface area contributed by atoms with Gasteiger partial charge in [-0.05, 0) is 50.2 Å². The number of anilines is 1. The fraction of sp³-hybridized carbons (Fsp3) is 0.105. The molecule has 5 heteroatoms. The maximum Gasteiger partial charge on any atom is 0.0656 e. The highest BCUT2D eigenvalue weighted by atomic mass is 35.5. The van der Waals surface area contributed by atoms with Gasteiger partial charge in [-0.15, -0.1) is 0 Å². The second-order valence-corrected chi connectivity index (χ2v) is 6.34. The largest absolute Gasteiger partial charge is 0.316 e. The zero-order chi connectivity index (χ0) is 17.1.